The van der Waals surface area contributed by atoms with Crippen LogP contribution in [0.15, 0.2) is 35.2 Å². The SMILES string of the molecule is COc1cc(/C=C2\SC(=O)N(CC(N)=O)C2=O)cc(I)c1OCc1c(F)cccc1Cl. The van der Waals surface area contributed by atoms with Gasteiger partial charge in [-0.1, -0.05) is 17.7 Å². The summed E-state index contributed by atoms with van der Waals surface area (Å²) >= 11 is 8.78. The molecule has 0 unspecified atom stereocenters. The zero-order chi connectivity index (χ0) is 22.7. The minimum Gasteiger partial charge on any atom is -0.493 e. The van der Waals surface area contributed by atoms with E-state index in [4.69, 9.17) is 26.8 Å². The van der Waals surface area contributed by atoms with E-state index in [-0.39, 0.29) is 22.1 Å². The van der Waals surface area contributed by atoms with Gasteiger partial charge in [0.25, 0.3) is 11.1 Å². The highest BCUT2D eigenvalue weighted by molar-refractivity contribution is 14.1. The number of ether oxygens (including phenoxy) is 2. The van der Waals surface area contributed by atoms with Crippen molar-refractivity contribution in [2.24, 2.45) is 5.73 Å². The van der Waals surface area contributed by atoms with Crippen molar-refractivity contribution in [1.82, 2.24) is 4.90 Å². The van der Waals surface area contributed by atoms with Crippen LogP contribution in [0.2, 0.25) is 5.02 Å². The second kappa shape index (κ2) is 9.88. The fourth-order valence-electron chi connectivity index (χ4n) is 2.72. The minimum atomic E-state index is -0.781. The normalized spacial score (nSPS) is 15.0. The Hall–Kier alpha value is -2.31. The van der Waals surface area contributed by atoms with Crippen LogP contribution in [0.5, 0.6) is 11.5 Å². The van der Waals surface area contributed by atoms with E-state index >= 15 is 0 Å². The highest BCUT2D eigenvalue weighted by atomic mass is 127. The van der Waals surface area contributed by atoms with Gasteiger partial charge in [0.1, 0.15) is 19.0 Å². The Bertz CT molecular complexity index is 1090. The maximum Gasteiger partial charge on any atom is 0.294 e. The van der Waals surface area contributed by atoms with Gasteiger partial charge >= 0.3 is 0 Å². The number of carbonyl (C=O) groups excluding carboxylic acids is 3. The molecule has 0 radical (unpaired) electrons. The lowest BCUT2D eigenvalue weighted by Gasteiger charge is -2.15. The summed E-state index contributed by atoms with van der Waals surface area (Å²) in [5.74, 6) is -1.14. The third kappa shape index (κ3) is 5.31. The summed E-state index contributed by atoms with van der Waals surface area (Å²) in [4.78, 5) is 36.4. The van der Waals surface area contributed by atoms with Crippen molar-refractivity contribution in [2.75, 3.05) is 13.7 Å². The summed E-state index contributed by atoms with van der Waals surface area (Å²) in [6, 6.07) is 7.69. The highest BCUT2D eigenvalue weighted by Gasteiger charge is 2.35. The molecule has 162 valence electrons. The van der Waals surface area contributed by atoms with Crippen LogP contribution in [0, 0.1) is 9.39 Å². The van der Waals surface area contributed by atoms with Gasteiger partial charge in [-0.3, -0.25) is 19.3 Å². The molecule has 0 atom stereocenters. The molecule has 31 heavy (non-hydrogen) atoms. The number of nitrogens with zero attached hydrogens (tertiary/aromatic N) is 1. The number of imide groups is 1. The molecule has 1 fully saturated rings. The molecule has 1 aliphatic rings. The van der Waals surface area contributed by atoms with Gasteiger partial charge in [-0.15, -0.1) is 0 Å². The number of methoxy groups -OCH3 is 1. The van der Waals surface area contributed by atoms with Gasteiger partial charge in [-0.05, 0) is 70.3 Å². The summed E-state index contributed by atoms with van der Waals surface area (Å²) < 4.78 is 25.8. The van der Waals surface area contributed by atoms with Crippen LogP contribution in [-0.4, -0.2) is 35.6 Å². The molecule has 11 heteroatoms. The third-order valence-corrected chi connectivity index (χ3v) is 6.22. The van der Waals surface area contributed by atoms with Gasteiger partial charge in [0.05, 0.1) is 20.6 Å². The van der Waals surface area contributed by atoms with Crippen molar-refractivity contribution >= 4 is 69.1 Å². The molecule has 1 aliphatic heterocycles. The summed E-state index contributed by atoms with van der Waals surface area (Å²) in [5.41, 5.74) is 5.87. The molecular formula is C20H15ClFIN2O5S. The fraction of sp³-hybridized carbons (Fsp3) is 0.150. The van der Waals surface area contributed by atoms with Crippen LogP contribution in [0.4, 0.5) is 9.18 Å². The monoisotopic (exact) mass is 576 g/mol. The third-order valence-electron chi connectivity index (χ3n) is 4.16. The fourth-order valence-corrected chi connectivity index (χ4v) is 4.56. The van der Waals surface area contributed by atoms with Crippen LogP contribution < -0.4 is 15.2 Å². The van der Waals surface area contributed by atoms with E-state index in [1.165, 1.54) is 25.3 Å². The Morgan fingerprint density at radius 2 is 2.10 bits per heavy atom. The molecule has 0 bridgehead atoms. The van der Waals surface area contributed by atoms with Crippen molar-refractivity contribution < 1.29 is 28.2 Å². The number of carbonyl (C=O) groups is 3. The summed E-state index contributed by atoms with van der Waals surface area (Å²) in [5, 5.41) is -0.323. The van der Waals surface area contributed by atoms with E-state index in [1.54, 1.807) is 18.2 Å². The van der Waals surface area contributed by atoms with Crippen LogP contribution >= 0.6 is 46.0 Å². The van der Waals surface area contributed by atoms with Crippen molar-refractivity contribution in [3.63, 3.8) is 0 Å². The number of halogens is 3. The van der Waals surface area contributed by atoms with Crippen molar-refractivity contribution in [3.8, 4) is 11.5 Å². The average molecular weight is 577 g/mol. The van der Waals surface area contributed by atoms with Gasteiger partial charge in [0, 0.05) is 5.56 Å². The second-order valence-electron chi connectivity index (χ2n) is 6.26. The van der Waals surface area contributed by atoms with Crippen LogP contribution in [0.1, 0.15) is 11.1 Å². The molecule has 1 saturated heterocycles. The Labute approximate surface area is 199 Å². The number of benzene rings is 2. The van der Waals surface area contributed by atoms with E-state index < -0.39 is 29.4 Å². The standard InChI is InChI=1S/C20H15ClFIN2O5S/c1-29-15-6-10(7-16-19(27)25(8-17(24)26)20(28)31-16)5-14(23)18(15)30-9-11-12(21)3-2-4-13(11)22/h2-7H,8-9H2,1H3,(H2,24,26)/b16-7-. The molecule has 0 aromatic heterocycles. The Morgan fingerprint density at radius 3 is 2.74 bits per heavy atom. The zero-order valence-electron chi connectivity index (χ0n) is 16.0. The number of nitrogens with two attached hydrogens (primary N) is 1. The van der Waals surface area contributed by atoms with Gasteiger partial charge in [0.2, 0.25) is 5.91 Å². The predicted molar refractivity (Wildman–Crippen MR) is 123 cm³/mol. The first kappa shape index (κ1) is 23.4. The summed E-state index contributed by atoms with van der Waals surface area (Å²) in [6.07, 6.45) is 1.51. The molecule has 0 spiro atoms. The maximum absolute atomic E-state index is 14.0. The van der Waals surface area contributed by atoms with E-state index in [0.29, 0.717) is 32.4 Å². The van der Waals surface area contributed by atoms with Crippen LogP contribution in [-0.2, 0) is 16.2 Å². The molecule has 0 saturated carbocycles. The van der Waals surface area contributed by atoms with E-state index in [1.807, 2.05) is 22.6 Å². The topological polar surface area (TPSA) is 98.9 Å². The van der Waals surface area contributed by atoms with Gasteiger partial charge in [-0.2, -0.15) is 0 Å². The van der Waals surface area contributed by atoms with E-state index in [9.17, 15) is 18.8 Å². The Morgan fingerprint density at radius 1 is 1.35 bits per heavy atom. The molecular weight excluding hydrogens is 562 g/mol. The quantitative estimate of drug-likeness (QED) is 0.392. The Balaban J connectivity index is 1.86. The van der Waals surface area contributed by atoms with Crippen molar-refractivity contribution in [1.29, 1.82) is 0 Å². The van der Waals surface area contributed by atoms with Gasteiger partial charge < -0.3 is 15.2 Å². The molecule has 2 N–H and O–H groups in total. The number of hydrogen-bond acceptors (Lipinski definition) is 6. The van der Waals surface area contributed by atoms with Gasteiger partial charge in [0.15, 0.2) is 11.5 Å². The molecule has 2 aromatic rings. The highest BCUT2D eigenvalue weighted by Crippen LogP contribution is 2.38. The number of primary amides is 1. The Kier molecular flexibility index (Phi) is 7.44. The molecule has 0 aliphatic carbocycles. The smallest absolute Gasteiger partial charge is 0.294 e. The predicted octanol–water partition coefficient (Wildman–Crippen LogP) is 4.19. The number of hydrogen-bond donors (Lipinski definition) is 1. The largest absolute Gasteiger partial charge is 0.493 e. The number of thioether (sulfide) groups is 1. The number of amides is 3. The van der Waals surface area contributed by atoms with Crippen molar-refractivity contribution in [2.45, 2.75) is 6.61 Å². The van der Waals surface area contributed by atoms with Crippen LogP contribution in [0.25, 0.3) is 6.08 Å². The maximum atomic E-state index is 14.0. The summed E-state index contributed by atoms with van der Waals surface area (Å²) in [7, 11) is 1.44. The first-order valence-electron chi connectivity index (χ1n) is 8.68. The lowest BCUT2D eigenvalue weighted by molar-refractivity contribution is -0.127. The molecule has 3 rings (SSSR count). The zero-order valence-corrected chi connectivity index (χ0v) is 19.7. The molecule has 3 amide bonds. The molecule has 2 aromatic carbocycles. The van der Waals surface area contributed by atoms with E-state index in [0.717, 1.165) is 4.90 Å². The summed E-state index contributed by atoms with van der Waals surface area (Å²) in [6.45, 7) is -0.586. The molecule has 7 nitrogen and oxygen atoms in total. The number of rotatable bonds is 7. The lowest BCUT2D eigenvalue weighted by atomic mass is 10.1. The van der Waals surface area contributed by atoms with Gasteiger partial charge in [-0.25, -0.2) is 4.39 Å². The second-order valence-corrected chi connectivity index (χ2v) is 8.82. The first-order chi connectivity index (χ1) is 14.7. The lowest BCUT2D eigenvalue weighted by Crippen LogP contribution is -2.36. The van der Waals surface area contributed by atoms with Crippen molar-refractivity contribution in [3.05, 3.63) is 60.8 Å². The average Bonchev–Trinajstić information content (AvgIpc) is 2.95. The molecule has 1 heterocycles. The van der Waals surface area contributed by atoms with Crippen LogP contribution in [0.3, 0.4) is 0 Å². The minimum absolute atomic E-state index is 0.108. The van der Waals surface area contributed by atoms with E-state index in [2.05, 4.69) is 0 Å². The first-order valence-corrected chi connectivity index (χ1v) is 11.0.